The number of methoxy groups -OCH3 is 2. The summed E-state index contributed by atoms with van der Waals surface area (Å²) in [6, 6.07) is 10.8. The van der Waals surface area contributed by atoms with E-state index in [9.17, 15) is 16.8 Å². The Bertz CT molecular complexity index is 1150. The van der Waals surface area contributed by atoms with Crippen LogP contribution in [-0.2, 0) is 19.9 Å². The molecule has 11 heteroatoms. The molecule has 0 fully saturated rings. The zero-order valence-electron chi connectivity index (χ0n) is 15.6. The molecule has 2 heterocycles. The molecular weight excluding hydrogens is 454 g/mol. The molecule has 0 unspecified atom stereocenters. The normalized spacial score (nSPS) is 13.2. The summed E-state index contributed by atoms with van der Waals surface area (Å²) in [5.74, 6) is 0.652. The number of sulfonamides is 1. The van der Waals surface area contributed by atoms with E-state index in [1.165, 1.54) is 49.8 Å². The summed E-state index contributed by atoms with van der Waals surface area (Å²) in [5, 5.41) is 2.40. The summed E-state index contributed by atoms with van der Waals surface area (Å²) in [7, 11) is -4.87. The molecule has 0 spiro atoms. The van der Waals surface area contributed by atoms with E-state index < -0.39 is 25.1 Å². The molecule has 0 saturated carbocycles. The molecular formula is C18H19NO6S4. The standard InChI is InChI=1S/C18H19NO6S4/c1-24-14-8-7-13(11-15(14)25-2)29(22,23)19-12-17(16-5-3-9-26-16)28(20,21)18-6-4-10-27-18/h3-11,17,19H,12H2,1-2H3/t17-/m0/s1. The van der Waals surface area contributed by atoms with E-state index in [1.54, 1.807) is 29.0 Å². The first-order chi connectivity index (χ1) is 13.8. The Labute approximate surface area is 177 Å². The van der Waals surface area contributed by atoms with Gasteiger partial charge in [0.25, 0.3) is 0 Å². The van der Waals surface area contributed by atoms with E-state index >= 15 is 0 Å². The molecule has 1 N–H and O–H groups in total. The van der Waals surface area contributed by atoms with Crippen LogP contribution in [0.5, 0.6) is 11.5 Å². The van der Waals surface area contributed by atoms with Gasteiger partial charge < -0.3 is 9.47 Å². The van der Waals surface area contributed by atoms with Crippen molar-refractivity contribution in [3.63, 3.8) is 0 Å². The Kier molecular flexibility index (Phi) is 6.64. The van der Waals surface area contributed by atoms with Crippen LogP contribution in [0.2, 0.25) is 0 Å². The van der Waals surface area contributed by atoms with Gasteiger partial charge in [-0.25, -0.2) is 21.6 Å². The number of sulfone groups is 1. The first kappa shape index (κ1) is 21.8. The summed E-state index contributed by atoms with van der Waals surface area (Å²) in [4.78, 5) is 0.516. The lowest BCUT2D eigenvalue weighted by molar-refractivity contribution is 0.354. The van der Waals surface area contributed by atoms with Gasteiger partial charge in [-0.2, -0.15) is 0 Å². The Balaban J connectivity index is 1.90. The number of hydrogen-bond donors (Lipinski definition) is 1. The van der Waals surface area contributed by atoms with Gasteiger partial charge in [0.15, 0.2) is 21.3 Å². The van der Waals surface area contributed by atoms with Crippen LogP contribution in [0.4, 0.5) is 0 Å². The van der Waals surface area contributed by atoms with Crippen LogP contribution >= 0.6 is 22.7 Å². The maximum atomic E-state index is 13.1. The molecule has 0 aliphatic rings. The molecule has 29 heavy (non-hydrogen) atoms. The first-order valence-corrected chi connectivity index (χ1v) is 13.1. The van der Waals surface area contributed by atoms with E-state index in [2.05, 4.69) is 4.72 Å². The summed E-state index contributed by atoms with van der Waals surface area (Å²) in [5.41, 5.74) is 0. The van der Waals surface area contributed by atoms with Crippen molar-refractivity contribution in [2.45, 2.75) is 14.4 Å². The molecule has 2 aromatic heterocycles. The van der Waals surface area contributed by atoms with Gasteiger partial charge in [0.2, 0.25) is 10.0 Å². The van der Waals surface area contributed by atoms with Crippen molar-refractivity contribution in [1.82, 2.24) is 4.72 Å². The van der Waals surface area contributed by atoms with Gasteiger partial charge in [-0.1, -0.05) is 12.1 Å². The van der Waals surface area contributed by atoms with Gasteiger partial charge in [-0.15, -0.1) is 22.7 Å². The van der Waals surface area contributed by atoms with Crippen molar-refractivity contribution >= 4 is 42.5 Å². The lowest BCUT2D eigenvalue weighted by Crippen LogP contribution is -2.31. The van der Waals surface area contributed by atoms with Crippen molar-refractivity contribution in [2.24, 2.45) is 0 Å². The van der Waals surface area contributed by atoms with Gasteiger partial charge in [-0.3, -0.25) is 0 Å². The predicted molar refractivity (Wildman–Crippen MR) is 113 cm³/mol. The zero-order valence-corrected chi connectivity index (χ0v) is 18.8. The maximum absolute atomic E-state index is 13.1. The fourth-order valence-electron chi connectivity index (χ4n) is 2.66. The highest BCUT2D eigenvalue weighted by molar-refractivity contribution is 7.94. The number of rotatable bonds is 9. The van der Waals surface area contributed by atoms with Crippen LogP contribution in [0, 0.1) is 0 Å². The van der Waals surface area contributed by atoms with Crippen LogP contribution in [0.3, 0.4) is 0 Å². The second kappa shape index (κ2) is 8.84. The molecule has 0 saturated heterocycles. The Hall–Kier alpha value is -1.92. The molecule has 3 rings (SSSR count). The number of benzene rings is 1. The lowest BCUT2D eigenvalue weighted by Gasteiger charge is -2.17. The van der Waals surface area contributed by atoms with Crippen molar-refractivity contribution in [3.8, 4) is 11.5 Å². The Morgan fingerprint density at radius 3 is 2.21 bits per heavy atom. The Morgan fingerprint density at radius 1 is 0.931 bits per heavy atom. The molecule has 0 radical (unpaired) electrons. The van der Waals surface area contributed by atoms with Crippen LogP contribution in [-0.4, -0.2) is 37.6 Å². The van der Waals surface area contributed by atoms with Crippen molar-refractivity contribution in [1.29, 1.82) is 0 Å². The fraction of sp³-hybridized carbons (Fsp3) is 0.222. The topological polar surface area (TPSA) is 98.8 Å². The van der Waals surface area contributed by atoms with Crippen LogP contribution in [0.25, 0.3) is 0 Å². The van der Waals surface area contributed by atoms with Crippen LogP contribution in [0.15, 0.2) is 62.3 Å². The third kappa shape index (κ3) is 4.64. The van der Waals surface area contributed by atoms with Crippen LogP contribution < -0.4 is 14.2 Å². The number of hydrogen-bond acceptors (Lipinski definition) is 8. The molecule has 7 nitrogen and oxygen atoms in total. The average molecular weight is 474 g/mol. The predicted octanol–water partition coefficient (Wildman–Crippen LogP) is 3.32. The molecule has 156 valence electrons. The smallest absolute Gasteiger partial charge is 0.240 e. The number of nitrogens with one attached hydrogen (secondary N) is 1. The summed E-state index contributed by atoms with van der Waals surface area (Å²) >= 11 is 2.37. The molecule has 0 amide bonds. The second-order valence-corrected chi connectivity index (χ2v) is 11.9. The summed E-state index contributed by atoms with van der Waals surface area (Å²) < 4.78 is 64.6. The highest BCUT2D eigenvalue weighted by Gasteiger charge is 2.32. The molecule has 0 aliphatic heterocycles. The SMILES string of the molecule is COc1ccc(S(=O)(=O)NC[C@@H](c2cccs2)S(=O)(=O)c2cccs2)cc1OC. The molecule has 3 aromatic rings. The number of thiophene rings is 2. The van der Waals surface area contributed by atoms with E-state index in [-0.39, 0.29) is 21.4 Å². The molecule has 1 aromatic carbocycles. The average Bonchev–Trinajstić information content (AvgIpc) is 3.41. The van der Waals surface area contributed by atoms with Gasteiger partial charge in [0.1, 0.15) is 9.46 Å². The van der Waals surface area contributed by atoms with E-state index in [4.69, 9.17) is 9.47 Å². The van der Waals surface area contributed by atoms with Crippen molar-refractivity contribution in [2.75, 3.05) is 20.8 Å². The van der Waals surface area contributed by atoms with Gasteiger partial charge in [0.05, 0.1) is 19.1 Å². The molecule has 0 aliphatic carbocycles. The van der Waals surface area contributed by atoms with Crippen molar-refractivity contribution < 1.29 is 26.3 Å². The lowest BCUT2D eigenvalue weighted by atomic mass is 10.3. The third-order valence-electron chi connectivity index (χ3n) is 4.13. The summed E-state index contributed by atoms with van der Waals surface area (Å²) in [6.45, 7) is -0.294. The van der Waals surface area contributed by atoms with Crippen molar-refractivity contribution in [3.05, 3.63) is 58.1 Å². The number of ether oxygens (including phenoxy) is 2. The fourth-order valence-corrected chi connectivity index (χ4v) is 7.81. The first-order valence-electron chi connectivity index (χ1n) is 8.32. The zero-order chi connectivity index (χ0) is 21.1. The maximum Gasteiger partial charge on any atom is 0.240 e. The van der Waals surface area contributed by atoms with E-state index in [1.807, 2.05) is 0 Å². The molecule has 1 atom stereocenters. The minimum absolute atomic E-state index is 0.0476. The van der Waals surface area contributed by atoms with Crippen LogP contribution in [0.1, 0.15) is 10.1 Å². The minimum Gasteiger partial charge on any atom is -0.493 e. The monoisotopic (exact) mass is 473 g/mol. The highest BCUT2D eigenvalue weighted by Crippen LogP contribution is 2.34. The quantitative estimate of drug-likeness (QED) is 0.512. The molecule has 0 bridgehead atoms. The third-order valence-corrected chi connectivity index (χ3v) is 10.2. The van der Waals surface area contributed by atoms with Gasteiger partial charge in [0, 0.05) is 17.5 Å². The largest absolute Gasteiger partial charge is 0.493 e. The summed E-state index contributed by atoms with van der Waals surface area (Å²) in [6.07, 6.45) is 0. The Morgan fingerprint density at radius 2 is 1.62 bits per heavy atom. The highest BCUT2D eigenvalue weighted by atomic mass is 32.2. The van der Waals surface area contributed by atoms with E-state index in [0.29, 0.717) is 10.6 Å². The van der Waals surface area contributed by atoms with Gasteiger partial charge in [-0.05, 0) is 35.0 Å². The van der Waals surface area contributed by atoms with Gasteiger partial charge >= 0.3 is 0 Å². The van der Waals surface area contributed by atoms with E-state index in [0.717, 1.165) is 11.3 Å². The minimum atomic E-state index is -3.98. The second-order valence-electron chi connectivity index (χ2n) is 5.85.